The summed E-state index contributed by atoms with van der Waals surface area (Å²) in [5, 5.41) is 7.62. The molecule has 2 aromatic heterocycles. The van der Waals surface area contributed by atoms with Crippen LogP contribution in [0.1, 0.15) is 16.2 Å². The number of imidazole rings is 1. The Balaban J connectivity index is 0.000000479. The van der Waals surface area contributed by atoms with Crippen molar-refractivity contribution in [3.8, 4) is 22.9 Å². The number of benzene rings is 1. The summed E-state index contributed by atoms with van der Waals surface area (Å²) < 4.78 is 39.5. The number of aliphatic carboxylic acids is 1. The predicted octanol–water partition coefficient (Wildman–Crippen LogP) is 4.44. The molecule has 0 aliphatic carbocycles. The van der Waals surface area contributed by atoms with E-state index in [2.05, 4.69) is 14.9 Å². The fourth-order valence-corrected chi connectivity index (χ4v) is 2.71. The van der Waals surface area contributed by atoms with Gasteiger partial charge in [-0.2, -0.15) is 13.2 Å². The number of carbonyl (C=O) groups is 2. The first-order valence-corrected chi connectivity index (χ1v) is 9.64. The molecule has 0 fully saturated rings. The van der Waals surface area contributed by atoms with Crippen LogP contribution in [0.3, 0.4) is 0 Å². The van der Waals surface area contributed by atoms with Gasteiger partial charge in [-0.15, -0.1) is 0 Å². The number of aromatic nitrogens is 3. The van der Waals surface area contributed by atoms with Crippen molar-refractivity contribution >= 4 is 23.9 Å². The van der Waals surface area contributed by atoms with Crippen LogP contribution in [0, 0.1) is 0 Å². The number of hydrogen-bond acceptors (Lipinski definition) is 6. The van der Waals surface area contributed by atoms with Gasteiger partial charge in [0.15, 0.2) is 6.29 Å². The van der Waals surface area contributed by atoms with Crippen LogP contribution in [0.4, 0.5) is 13.2 Å². The van der Waals surface area contributed by atoms with Gasteiger partial charge in [-0.25, -0.2) is 14.8 Å². The van der Waals surface area contributed by atoms with Crippen molar-refractivity contribution in [2.75, 3.05) is 14.1 Å². The van der Waals surface area contributed by atoms with Gasteiger partial charge in [0.05, 0.1) is 24.0 Å². The molecule has 0 spiro atoms. The molecule has 2 heterocycles. The largest absolute Gasteiger partial charge is 0.490 e. The minimum Gasteiger partial charge on any atom is -0.475 e. The van der Waals surface area contributed by atoms with E-state index in [9.17, 15) is 18.0 Å². The molecule has 0 saturated carbocycles. The average Bonchev–Trinajstić information content (AvgIpc) is 3.08. The predicted molar refractivity (Wildman–Crippen MR) is 114 cm³/mol. The number of rotatable bonds is 6. The number of aldehydes is 1. The Hall–Kier alpha value is -3.44. The molecule has 0 unspecified atom stereocenters. The average molecular weight is 485 g/mol. The van der Waals surface area contributed by atoms with Crippen LogP contribution in [-0.4, -0.2) is 57.1 Å². The van der Waals surface area contributed by atoms with Crippen LogP contribution in [0.15, 0.2) is 42.7 Å². The lowest BCUT2D eigenvalue weighted by Gasteiger charge is -2.11. The van der Waals surface area contributed by atoms with E-state index in [0.717, 1.165) is 29.9 Å². The van der Waals surface area contributed by atoms with Gasteiger partial charge in [0, 0.05) is 36.0 Å². The van der Waals surface area contributed by atoms with E-state index in [4.69, 9.17) is 26.2 Å². The van der Waals surface area contributed by atoms with E-state index < -0.39 is 12.1 Å². The summed E-state index contributed by atoms with van der Waals surface area (Å²) in [5.41, 5.74) is 2.32. The van der Waals surface area contributed by atoms with E-state index in [1.54, 1.807) is 30.5 Å². The molecule has 0 saturated heterocycles. The van der Waals surface area contributed by atoms with Crippen LogP contribution >= 0.6 is 11.6 Å². The van der Waals surface area contributed by atoms with Gasteiger partial charge in [0.2, 0.25) is 5.88 Å². The van der Waals surface area contributed by atoms with Gasteiger partial charge in [0.1, 0.15) is 11.6 Å². The molecule has 3 rings (SSSR count). The maximum absolute atomic E-state index is 11.1. The summed E-state index contributed by atoms with van der Waals surface area (Å²) in [6.07, 6.45) is -0.809. The lowest BCUT2D eigenvalue weighted by Crippen LogP contribution is -2.21. The maximum Gasteiger partial charge on any atom is 0.490 e. The van der Waals surface area contributed by atoms with Crippen molar-refractivity contribution in [1.29, 1.82) is 0 Å². The third-order valence-electron chi connectivity index (χ3n) is 4.13. The Bertz CT molecular complexity index is 1120. The summed E-state index contributed by atoms with van der Waals surface area (Å²) in [5.74, 6) is -1.02. The Morgan fingerprint density at radius 2 is 1.88 bits per heavy atom. The van der Waals surface area contributed by atoms with Gasteiger partial charge in [-0.1, -0.05) is 11.6 Å². The SMILES string of the molecule is CN(C)Cc1ncc(-c2ccc(Oc3cc(Cl)ccc3C=O)nc2)n1C.O=C(O)C(F)(F)F. The highest BCUT2D eigenvalue weighted by atomic mass is 35.5. The van der Waals surface area contributed by atoms with Gasteiger partial charge in [0.25, 0.3) is 0 Å². The van der Waals surface area contributed by atoms with Gasteiger partial charge in [-0.3, -0.25) is 4.79 Å². The number of carbonyl (C=O) groups excluding carboxylic acids is 1. The second-order valence-electron chi connectivity index (χ2n) is 6.95. The highest BCUT2D eigenvalue weighted by Gasteiger charge is 2.38. The fourth-order valence-electron chi connectivity index (χ4n) is 2.54. The molecule has 0 aliphatic rings. The number of ether oxygens (including phenoxy) is 1. The van der Waals surface area contributed by atoms with Crippen LogP contribution in [0.5, 0.6) is 11.6 Å². The molecule has 176 valence electrons. The first kappa shape index (κ1) is 25.8. The zero-order valence-electron chi connectivity index (χ0n) is 17.8. The summed E-state index contributed by atoms with van der Waals surface area (Å²) in [6, 6.07) is 8.51. The highest BCUT2D eigenvalue weighted by molar-refractivity contribution is 6.30. The maximum atomic E-state index is 11.1. The van der Waals surface area contributed by atoms with Crippen molar-refractivity contribution in [2.45, 2.75) is 12.7 Å². The van der Waals surface area contributed by atoms with Gasteiger partial charge < -0.3 is 19.3 Å². The molecule has 0 bridgehead atoms. The van der Waals surface area contributed by atoms with Crippen molar-refractivity contribution in [3.63, 3.8) is 0 Å². The molecule has 0 aliphatic heterocycles. The first-order valence-electron chi connectivity index (χ1n) is 9.26. The van der Waals surface area contributed by atoms with E-state index in [0.29, 0.717) is 22.2 Å². The minimum absolute atomic E-state index is 0.376. The Labute approximate surface area is 192 Å². The Morgan fingerprint density at radius 3 is 2.39 bits per heavy atom. The number of alkyl halides is 3. The summed E-state index contributed by atoms with van der Waals surface area (Å²) in [7, 11) is 5.99. The second-order valence-corrected chi connectivity index (χ2v) is 7.38. The van der Waals surface area contributed by atoms with E-state index in [1.165, 1.54) is 0 Å². The molecule has 1 aromatic carbocycles. The number of hydrogen-bond donors (Lipinski definition) is 1. The molecule has 12 heteroatoms. The molecular formula is C21H20ClF3N4O4. The Kier molecular flexibility index (Phi) is 8.55. The van der Waals surface area contributed by atoms with Crippen molar-refractivity contribution in [1.82, 2.24) is 19.4 Å². The number of nitrogens with zero attached hydrogens (tertiary/aromatic N) is 4. The molecule has 0 atom stereocenters. The normalized spacial score (nSPS) is 11.0. The zero-order chi connectivity index (χ0) is 24.8. The van der Waals surface area contributed by atoms with Crippen LogP contribution in [0.25, 0.3) is 11.3 Å². The summed E-state index contributed by atoms with van der Waals surface area (Å²) >= 11 is 5.97. The lowest BCUT2D eigenvalue weighted by atomic mass is 10.2. The third kappa shape index (κ3) is 7.29. The van der Waals surface area contributed by atoms with Crippen molar-refractivity contribution in [2.24, 2.45) is 7.05 Å². The molecule has 1 N–H and O–H groups in total. The lowest BCUT2D eigenvalue weighted by molar-refractivity contribution is -0.192. The quantitative estimate of drug-likeness (QED) is 0.517. The fraction of sp³-hybridized carbons (Fsp3) is 0.238. The van der Waals surface area contributed by atoms with E-state index in [-0.39, 0.29) is 0 Å². The molecule has 0 radical (unpaired) electrons. The Morgan fingerprint density at radius 1 is 1.21 bits per heavy atom. The number of halogens is 4. The molecule has 3 aromatic rings. The highest BCUT2D eigenvalue weighted by Crippen LogP contribution is 2.28. The minimum atomic E-state index is -5.08. The van der Waals surface area contributed by atoms with E-state index >= 15 is 0 Å². The number of pyridine rings is 1. The van der Waals surface area contributed by atoms with Crippen LogP contribution in [0.2, 0.25) is 5.02 Å². The third-order valence-corrected chi connectivity index (χ3v) is 4.37. The van der Waals surface area contributed by atoms with Crippen LogP contribution in [-0.2, 0) is 18.4 Å². The number of carboxylic acid groups (broad SMARTS) is 1. The smallest absolute Gasteiger partial charge is 0.475 e. The standard InChI is InChI=1S/C19H19ClN4O2.C2HF3O2/c1-23(2)11-18-21-10-16(24(18)3)13-5-7-19(22-9-13)26-17-8-15(20)6-4-14(17)12-25;3-2(4,5)1(6)7/h4-10,12H,11H2,1-3H3;(H,6,7). The van der Waals surface area contributed by atoms with Gasteiger partial charge in [-0.05, 0) is 32.3 Å². The summed E-state index contributed by atoms with van der Waals surface area (Å²) in [4.78, 5) is 30.9. The van der Waals surface area contributed by atoms with Crippen LogP contribution < -0.4 is 4.74 Å². The number of carboxylic acids is 1. The monoisotopic (exact) mass is 484 g/mol. The van der Waals surface area contributed by atoms with Gasteiger partial charge >= 0.3 is 12.1 Å². The van der Waals surface area contributed by atoms with E-state index in [1.807, 2.05) is 38.0 Å². The first-order chi connectivity index (χ1) is 15.4. The van der Waals surface area contributed by atoms with Crippen molar-refractivity contribution < 1.29 is 32.6 Å². The summed E-state index contributed by atoms with van der Waals surface area (Å²) in [6.45, 7) is 0.758. The molecule has 0 amide bonds. The molecule has 33 heavy (non-hydrogen) atoms. The second kappa shape index (κ2) is 10.9. The molecule has 8 nitrogen and oxygen atoms in total. The topological polar surface area (TPSA) is 97.6 Å². The van der Waals surface area contributed by atoms with Crippen molar-refractivity contribution in [3.05, 3.63) is 59.1 Å². The molecular weight excluding hydrogens is 465 g/mol. The zero-order valence-corrected chi connectivity index (χ0v) is 18.6.